The highest BCUT2D eigenvalue weighted by Crippen LogP contribution is 2.02. The van der Waals surface area contributed by atoms with Gasteiger partial charge in [-0.05, 0) is 18.4 Å². The Labute approximate surface area is 161 Å². The predicted molar refractivity (Wildman–Crippen MR) is 109 cm³/mol. The van der Waals surface area contributed by atoms with E-state index in [1.807, 2.05) is 30.3 Å². The van der Waals surface area contributed by atoms with Crippen molar-refractivity contribution >= 4 is 28.7 Å². The number of nitrogens with one attached hydrogen (secondary N) is 2. The van der Waals surface area contributed by atoms with Gasteiger partial charge in [0.15, 0.2) is 5.12 Å². The maximum absolute atomic E-state index is 11.7. The fourth-order valence-electron chi connectivity index (χ4n) is 1.92. The Morgan fingerprint density at radius 1 is 0.923 bits per heavy atom. The summed E-state index contributed by atoms with van der Waals surface area (Å²) in [5, 5.41) is 5.60. The molecule has 0 aliphatic heterocycles. The standard InChI is InChI=1S/C17H24N2O3S.C3H8/c1-14(20)23-13-17(22)18-11-7-3-6-10-16(21)19-12-15-8-4-2-5-9-15;1-3-2/h2,4-5,8-9H,3,6-7,10-13H2,1H3,(H,18,22)(H,19,21);3H2,1-2H3. The van der Waals surface area contributed by atoms with Crippen LogP contribution in [-0.4, -0.2) is 29.2 Å². The molecule has 5 nitrogen and oxygen atoms in total. The number of thioether (sulfide) groups is 1. The topological polar surface area (TPSA) is 75.3 Å². The molecule has 1 rings (SSSR count). The Kier molecular flexibility index (Phi) is 15.5. The molecule has 0 spiro atoms. The second kappa shape index (κ2) is 16.6. The normalized spacial score (nSPS) is 9.65. The summed E-state index contributed by atoms with van der Waals surface area (Å²) in [6, 6.07) is 9.80. The summed E-state index contributed by atoms with van der Waals surface area (Å²) in [5.41, 5.74) is 1.09. The van der Waals surface area contributed by atoms with Gasteiger partial charge >= 0.3 is 0 Å². The molecule has 2 amide bonds. The minimum Gasteiger partial charge on any atom is -0.355 e. The number of hydrogen-bond donors (Lipinski definition) is 2. The van der Waals surface area contributed by atoms with E-state index < -0.39 is 0 Å². The van der Waals surface area contributed by atoms with Gasteiger partial charge in [-0.15, -0.1) is 0 Å². The van der Waals surface area contributed by atoms with Crippen LogP contribution in [0.1, 0.15) is 58.4 Å². The predicted octanol–water partition coefficient (Wildman–Crippen LogP) is 3.68. The van der Waals surface area contributed by atoms with Gasteiger partial charge in [-0.25, -0.2) is 0 Å². The fourth-order valence-corrected chi connectivity index (χ4v) is 2.35. The highest BCUT2D eigenvalue weighted by atomic mass is 32.2. The van der Waals surface area contributed by atoms with Crippen molar-refractivity contribution in [3.63, 3.8) is 0 Å². The van der Waals surface area contributed by atoms with E-state index in [-0.39, 0.29) is 22.7 Å². The summed E-state index contributed by atoms with van der Waals surface area (Å²) in [5.74, 6) is 0.110. The Bertz CT molecular complexity index is 521. The molecule has 146 valence electrons. The van der Waals surface area contributed by atoms with Crippen LogP contribution in [0.4, 0.5) is 0 Å². The summed E-state index contributed by atoms with van der Waals surface area (Å²) in [7, 11) is 0. The second-order valence-electron chi connectivity index (χ2n) is 5.91. The monoisotopic (exact) mass is 380 g/mol. The second-order valence-corrected chi connectivity index (χ2v) is 7.06. The Balaban J connectivity index is 0.00000194. The molecule has 0 heterocycles. The number of unbranched alkanes of at least 4 members (excludes halogenated alkanes) is 2. The average molecular weight is 381 g/mol. The molecule has 0 unspecified atom stereocenters. The third-order valence-corrected chi connectivity index (χ3v) is 3.95. The lowest BCUT2D eigenvalue weighted by atomic mass is 10.2. The summed E-state index contributed by atoms with van der Waals surface area (Å²) < 4.78 is 0. The van der Waals surface area contributed by atoms with Gasteiger partial charge in [0, 0.05) is 26.4 Å². The quantitative estimate of drug-likeness (QED) is 0.607. The lowest BCUT2D eigenvalue weighted by Gasteiger charge is -2.06. The van der Waals surface area contributed by atoms with Crippen LogP contribution in [0.3, 0.4) is 0 Å². The van der Waals surface area contributed by atoms with Gasteiger partial charge in [0.2, 0.25) is 11.8 Å². The minimum atomic E-state index is -0.120. The van der Waals surface area contributed by atoms with Gasteiger partial charge in [0.25, 0.3) is 0 Å². The van der Waals surface area contributed by atoms with E-state index in [4.69, 9.17) is 0 Å². The molecule has 0 aliphatic carbocycles. The van der Waals surface area contributed by atoms with Gasteiger partial charge in [-0.1, -0.05) is 68.8 Å². The van der Waals surface area contributed by atoms with Crippen LogP contribution in [0.25, 0.3) is 0 Å². The molecule has 0 fully saturated rings. The Morgan fingerprint density at radius 3 is 2.19 bits per heavy atom. The van der Waals surface area contributed by atoms with Crippen molar-refractivity contribution in [3.05, 3.63) is 35.9 Å². The Morgan fingerprint density at radius 2 is 1.58 bits per heavy atom. The molecule has 6 heteroatoms. The maximum Gasteiger partial charge on any atom is 0.230 e. The molecule has 0 saturated carbocycles. The van der Waals surface area contributed by atoms with Crippen LogP contribution in [0.15, 0.2) is 30.3 Å². The van der Waals surface area contributed by atoms with E-state index in [0.29, 0.717) is 19.5 Å². The molecular formula is C20H32N2O3S. The van der Waals surface area contributed by atoms with Crippen molar-refractivity contribution in [1.82, 2.24) is 10.6 Å². The van der Waals surface area contributed by atoms with E-state index in [1.54, 1.807) is 0 Å². The van der Waals surface area contributed by atoms with Crippen molar-refractivity contribution < 1.29 is 14.4 Å². The van der Waals surface area contributed by atoms with Crippen molar-refractivity contribution in [1.29, 1.82) is 0 Å². The van der Waals surface area contributed by atoms with Crippen LogP contribution in [0.5, 0.6) is 0 Å². The molecule has 0 radical (unpaired) electrons. The Hall–Kier alpha value is -1.82. The van der Waals surface area contributed by atoms with Crippen molar-refractivity contribution in [2.75, 3.05) is 12.3 Å². The molecule has 26 heavy (non-hydrogen) atoms. The zero-order valence-corrected chi connectivity index (χ0v) is 17.0. The minimum absolute atomic E-state index is 0.0516. The van der Waals surface area contributed by atoms with E-state index in [2.05, 4.69) is 24.5 Å². The van der Waals surface area contributed by atoms with E-state index in [9.17, 15) is 14.4 Å². The molecule has 0 aliphatic rings. The lowest BCUT2D eigenvalue weighted by molar-refractivity contribution is -0.121. The van der Waals surface area contributed by atoms with Crippen LogP contribution in [-0.2, 0) is 20.9 Å². The smallest absolute Gasteiger partial charge is 0.230 e. The zero-order valence-electron chi connectivity index (χ0n) is 16.2. The molecule has 0 aromatic heterocycles. The summed E-state index contributed by atoms with van der Waals surface area (Å²) >= 11 is 1.01. The van der Waals surface area contributed by atoms with Crippen LogP contribution < -0.4 is 10.6 Å². The van der Waals surface area contributed by atoms with Crippen LogP contribution in [0.2, 0.25) is 0 Å². The summed E-state index contributed by atoms with van der Waals surface area (Å²) in [4.78, 5) is 33.8. The molecule has 0 atom stereocenters. The van der Waals surface area contributed by atoms with Gasteiger partial charge in [0.05, 0.1) is 5.75 Å². The van der Waals surface area contributed by atoms with Crippen molar-refractivity contribution in [2.45, 2.75) is 59.4 Å². The lowest BCUT2D eigenvalue weighted by Crippen LogP contribution is -2.26. The third kappa shape index (κ3) is 15.7. The number of hydrogen-bond acceptors (Lipinski definition) is 4. The molecule has 1 aromatic rings. The van der Waals surface area contributed by atoms with Gasteiger partial charge in [-0.3, -0.25) is 14.4 Å². The molecule has 0 bridgehead atoms. The summed E-state index contributed by atoms with van der Waals surface area (Å²) in [6.07, 6.45) is 4.28. The molecule has 0 saturated heterocycles. The molecular weight excluding hydrogens is 348 g/mol. The zero-order chi connectivity index (χ0) is 19.6. The SMILES string of the molecule is CC(=O)SCC(=O)NCCCCCC(=O)NCc1ccccc1.CCC. The van der Waals surface area contributed by atoms with E-state index in [0.717, 1.165) is 36.6 Å². The van der Waals surface area contributed by atoms with Gasteiger partial charge < -0.3 is 10.6 Å². The van der Waals surface area contributed by atoms with Gasteiger partial charge in [-0.2, -0.15) is 0 Å². The highest BCUT2D eigenvalue weighted by Gasteiger charge is 2.04. The first-order valence-corrected chi connectivity index (χ1v) is 10.2. The first-order valence-electron chi connectivity index (χ1n) is 9.20. The van der Waals surface area contributed by atoms with E-state index >= 15 is 0 Å². The number of amides is 2. The highest BCUT2D eigenvalue weighted by molar-refractivity contribution is 8.14. The molecule has 1 aromatic carbocycles. The van der Waals surface area contributed by atoms with Crippen molar-refractivity contribution in [2.24, 2.45) is 0 Å². The third-order valence-electron chi connectivity index (χ3n) is 3.14. The number of benzene rings is 1. The number of carbonyl (C=O) groups excluding carboxylic acids is 3. The van der Waals surface area contributed by atoms with Crippen LogP contribution >= 0.6 is 11.8 Å². The first kappa shape index (κ1) is 24.2. The van der Waals surface area contributed by atoms with E-state index in [1.165, 1.54) is 13.3 Å². The largest absolute Gasteiger partial charge is 0.355 e. The van der Waals surface area contributed by atoms with Gasteiger partial charge in [0.1, 0.15) is 0 Å². The first-order chi connectivity index (χ1) is 12.5. The van der Waals surface area contributed by atoms with Crippen LogP contribution in [0, 0.1) is 0 Å². The maximum atomic E-state index is 11.7. The molecule has 2 N–H and O–H groups in total. The fraction of sp³-hybridized carbons (Fsp3) is 0.550. The summed E-state index contributed by atoms with van der Waals surface area (Å²) in [6.45, 7) is 6.84. The average Bonchev–Trinajstić information content (AvgIpc) is 2.62. The number of rotatable bonds is 10. The number of carbonyl (C=O) groups is 3. The van der Waals surface area contributed by atoms with Crippen molar-refractivity contribution in [3.8, 4) is 0 Å².